The monoisotopic (exact) mass is 269 g/mol. The van der Waals surface area contributed by atoms with Gasteiger partial charge in [0.1, 0.15) is 10.4 Å². The van der Waals surface area contributed by atoms with Crippen molar-refractivity contribution in [2.24, 2.45) is 0 Å². The van der Waals surface area contributed by atoms with E-state index in [9.17, 15) is 0 Å². The zero-order valence-corrected chi connectivity index (χ0v) is 10.0. The Hall–Kier alpha value is -1.35. The molecular weight excluding hydrogens is 258 g/mol. The molecule has 0 bridgehead atoms. The van der Waals surface area contributed by atoms with E-state index in [-0.39, 0.29) is 0 Å². The van der Waals surface area contributed by atoms with Crippen LogP contribution in [0.3, 0.4) is 0 Å². The standard InChI is InChI=1S/C9H12BrN5/c1-2-15(5-3-4-11)9-13-7(10)6-8(12)14-9/h6H,2-3,5H2,1H3,(H2,12,13,14). The molecule has 0 spiro atoms. The molecule has 0 fully saturated rings. The van der Waals surface area contributed by atoms with Crippen molar-refractivity contribution in [2.75, 3.05) is 23.7 Å². The first-order valence-corrected chi connectivity index (χ1v) is 5.38. The predicted octanol–water partition coefficient (Wildman–Crippen LogP) is 1.56. The lowest BCUT2D eigenvalue weighted by Gasteiger charge is -2.19. The number of halogens is 1. The van der Waals surface area contributed by atoms with Crippen LogP contribution in [0.2, 0.25) is 0 Å². The molecule has 1 rings (SSSR count). The highest BCUT2D eigenvalue weighted by atomic mass is 79.9. The summed E-state index contributed by atoms with van der Waals surface area (Å²) in [5.41, 5.74) is 5.61. The minimum Gasteiger partial charge on any atom is -0.383 e. The van der Waals surface area contributed by atoms with Crippen LogP contribution in [0, 0.1) is 11.3 Å². The molecule has 5 nitrogen and oxygen atoms in total. The first-order valence-electron chi connectivity index (χ1n) is 4.59. The molecule has 0 aliphatic rings. The number of nitrogen functional groups attached to an aromatic ring is 1. The molecule has 15 heavy (non-hydrogen) atoms. The van der Waals surface area contributed by atoms with Crippen LogP contribution in [0.25, 0.3) is 0 Å². The van der Waals surface area contributed by atoms with Gasteiger partial charge in [-0.2, -0.15) is 10.2 Å². The van der Waals surface area contributed by atoms with Crippen LogP contribution in [0.15, 0.2) is 10.7 Å². The largest absolute Gasteiger partial charge is 0.383 e. The highest BCUT2D eigenvalue weighted by Gasteiger charge is 2.08. The molecular formula is C9H12BrN5. The van der Waals surface area contributed by atoms with E-state index in [0.29, 0.717) is 29.3 Å². The average molecular weight is 270 g/mol. The third-order valence-electron chi connectivity index (χ3n) is 1.86. The van der Waals surface area contributed by atoms with Gasteiger partial charge in [0.25, 0.3) is 0 Å². The zero-order valence-electron chi connectivity index (χ0n) is 8.44. The second-order valence-corrected chi connectivity index (χ2v) is 3.72. The van der Waals surface area contributed by atoms with Crippen LogP contribution in [0.4, 0.5) is 11.8 Å². The number of hydrogen-bond acceptors (Lipinski definition) is 5. The Morgan fingerprint density at radius 2 is 2.33 bits per heavy atom. The van der Waals surface area contributed by atoms with Gasteiger partial charge in [-0.15, -0.1) is 0 Å². The second-order valence-electron chi connectivity index (χ2n) is 2.90. The molecule has 0 atom stereocenters. The summed E-state index contributed by atoms with van der Waals surface area (Å²) in [4.78, 5) is 10.2. The van der Waals surface area contributed by atoms with E-state index in [1.807, 2.05) is 11.8 Å². The Balaban J connectivity index is 2.87. The van der Waals surface area contributed by atoms with E-state index >= 15 is 0 Å². The highest BCUT2D eigenvalue weighted by molar-refractivity contribution is 9.10. The van der Waals surface area contributed by atoms with Crippen molar-refractivity contribution in [1.29, 1.82) is 5.26 Å². The maximum absolute atomic E-state index is 8.52. The molecule has 0 aliphatic carbocycles. The van der Waals surface area contributed by atoms with Gasteiger partial charge in [-0.05, 0) is 22.9 Å². The minimum atomic E-state index is 0.419. The van der Waals surface area contributed by atoms with Gasteiger partial charge < -0.3 is 10.6 Å². The number of anilines is 2. The predicted molar refractivity (Wildman–Crippen MR) is 62.3 cm³/mol. The molecule has 1 aromatic heterocycles. The fourth-order valence-corrected chi connectivity index (χ4v) is 1.54. The van der Waals surface area contributed by atoms with E-state index in [4.69, 9.17) is 11.0 Å². The second kappa shape index (κ2) is 5.51. The molecule has 0 aromatic carbocycles. The van der Waals surface area contributed by atoms with Crippen molar-refractivity contribution in [3.05, 3.63) is 10.7 Å². The highest BCUT2D eigenvalue weighted by Crippen LogP contribution is 2.15. The van der Waals surface area contributed by atoms with Crippen molar-refractivity contribution in [3.8, 4) is 6.07 Å². The summed E-state index contributed by atoms with van der Waals surface area (Å²) in [6.45, 7) is 3.35. The van der Waals surface area contributed by atoms with Gasteiger partial charge in [0.2, 0.25) is 5.95 Å². The summed E-state index contributed by atoms with van der Waals surface area (Å²) < 4.78 is 0.653. The van der Waals surface area contributed by atoms with Gasteiger partial charge in [0.15, 0.2) is 0 Å². The van der Waals surface area contributed by atoms with E-state index < -0.39 is 0 Å². The zero-order chi connectivity index (χ0) is 11.3. The minimum absolute atomic E-state index is 0.419. The fraction of sp³-hybridized carbons (Fsp3) is 0.444. The van der Waals surface area contributed by atoms with Crippen LogP contribution >= 0.6 is 15.9 Å². The maximum Gasteiger partial charge on any atom is 0.228 e. The van der Waals surface area contributed by atoms with E-state index in [1.54, 1.807) is 6.07 Å². The first kappa shape index (κ1) is 11.7. The fourth-order valence-electron chi connectivity index (χ4n) is 1.15. The van der Waals surface area contributed by atoms with Crippen LogP contribution < -0.4 is 10.6 Å². The van der Waals surface area contributed by atoms with Gasteiger partial charge in [-0.3, -0.25) is 0 Å². The van der Waals surface area contributed by atoms with Crippen molar-refractivity contribution in [2.45, 2.75) is 13.3 Å². The third kappa shape index (κ3) is 3.36. The molecule has 0 unspecified atom stereocenters. The lowest BCUT2D eigenvalue weighted by atomic mass is 10.4. The molecule has 0 amide bonds. The SMILES string of the molecule is CCN(CCC#N)c1nc(N)cc(Br)n1. The maximum atomic E-state index is 8.52. The molecule has 1 aromatic rings. The molecule has 0 saturated heterocycles. The van der Waals surface area contributed by atoms with Crippen LogP contribution in [-0.4, -0.2) is 23.1 Å². The Morgan fingerprint density at radius 3 is 2.87 bits per heavy atom. The van der Waals surface area contributed by atoms with Crippen molar-refractivity contribution >= 4 is 27.7 Å². The van der Waals surface area contributed by atoms with Crippen LogP contribution in [0.5, 0.6) is 0 Å². The molecule has 0 aliphatic heterocycles. The van der Waals surface area contributed by atoms with Gasteiger partial charge in [0, 0.05) is 19.2 Å². The summed E-state index contributed by atoms with van der Waals surface area (Å²) in [5.74, 6) is 0.974. The topological polar surface area (TPSA) is 78.8 Å². The normalized spacial score (nSPS) is 9.67. The van der Waals surface area contributed by atoms with Gasteiger partial charge in [-0.25, -0.2) is 4.98 Å². The average Bonchev–Trinajstić information content (AvgIpc) is 2.17. The van der Waals surface area contributed by atoms with Crippen molar-refractivity contribution < 1.29 is 0 Å². The van der Waals surface area contributed by atoms with E-state index in [1.165, 1.54) is 0 Å². The van der Waals surface area contributed by atoms with E-state index in [0.717, 1.165) is 6.54 Å². The summed E-state index contributed by atoms with van der Waals surface area (Å²) in [6.07, 6.45) is 0.448. The van der Waals surface area contributed by atoms with Gasteiger partial charge in [0.05, 0.1) is 12.5 Å². The smallest absolute Gasteiger partial charge is 0.228 e. The number of hydrogen-bond donors (Lipinski definition) is 1. The Bertz CT molecular complexity index is 353. The molecule has 80 valence electrons. The third-order valence-corrected chi connectivity index (χ3v) is 2.27. The van der Waals surface area contributed by atoms with Crippen molar-refractivity contribution in [1.82, 2.24) is 9.97 Å². The molecule has 6 heteroatoms. The summed E-state index contributed by atoms with van der Waals surface area (Å²) in [6, 6.07) is 3.73. The molecule has 0 radical (unpaired) electrons. The first-order chi connectivity index (χ1) is 7.17. The summed E-state index contributed by atoms with van der Waals surface area (Å²) >= 11 is 3.26. The Kier molecular flexibility index (Phi) is 4.31. The van der Waals surface area contributed by atoms with Crippen molar-refractivity contribution in [3.63, 3.8) is 0 Å². The van der Waals surface area contributed by atoms with Gasteiger partial charge >= 0.3 is 0 Å². The van der Waals surface area contributed by atoms with E-state index in [2.05, 4.69) is 32.0 Å². The summed E-state index contributed by atoms with van der Waals surface area (Å²) in [5, 5.41) is 8.52. The Labute approximate surface area is 97.1 Å². The quantitative estimate of drug-likeness (QED) is 0.840. The lowest BCUT2D eigenvalue weighted by molar-refractivity contribution is 0.789. The van der Waals surface area contributed by atoms with Gasteiger partial charge in [-0.1, -0.05) is 0 Å². The number of aromatic nitrogens is 2. The Morgan fingerprint density at radius 1 is 1.60 bits per heavy atom. The molecule has 0 saturated carbocycles. The van der Waals surface area contributed by atoms with Crippen LogP contribution in [0.1, 0.15) is 13.3 Å². The van der Waals surface area contributed by atoms with Crippen LogP contribution in [-0.2, 0) is 0 Å². The number of nitrogens with zero attached hydrogens (tertiary/aromatic N) is 4. The number of rotatable bonds is 4. The number of nitrogens with two attached hydrogens (primary N) is 1. The molecule has 2 N–H and O–H groups in total. The lowest BCUT2D eigenvalue weighted by Crippen LogP contribution is -2.26. The number of nitriles is 1. The molecule has 1 heterocycles. The summed E-state index contributed by atoms with van der Waals surface area (Å²) in [7, 11) is 0.